The molecule has 2 aliphatic rings. The van der Waals surface area contributed by atoms with Crippen LogP contribution in [0.2, 0.25) is 0 Å². The molecule has 90 valence electrons. The van der Waals surface area contributed by atoms with Crippen molar-refractivity contribution in [3.8, 4) is 0 Å². The van der Waals surface area contributed by atoms with Crippen molar-refractivity contribution in [2.45, 2.75) is 58.8 Å². The summed E-state index contributed by atoms with van der Waals surface area (Å²) < 4.78 is 12.0. The number of hydrogen-bond acceptors (Lipinski definition) is 4. The molecule has 0 aromatic rings. The number of hydrogen-bond donors (Lipinski definition) is 1. The maximum Gasteiger partial charge on any atom is 0.495 e. The van der Waals surface area contributed by atoms with E-state index in [1.807, 2.05) is 13.8 Å². The lowest BCUT2D eigenvalue weighted by atomic mass is 9.74. The minimum atomic E-state index is -0.310. The highest BCUT2D eigenvalue weighted by Gasteiger charge is 2.54. The Hall–Kier alpha value is -0.515. The summed E-state index contributed by atoms with van der Waals surface area (Å²) in [5.41, 5.74) is 3.37. The van der Waals surface area contributed by atoms with Gasteiger partial charge in [0.15, 0.2) is 0 Å². The van der Waals surface area contributed by atoms with Gasteiger partial charge >= 0.3 is 7.12 Å². The molecule has 1 N–H and O–H groups in total. The first-order valence-electron chi connectivity index (χ1n) is 5.73. The second kappa shape index (κ2) is 3.49. The zero-order valence-corrected chi connectivity index (χ0v) is 10.9. The molecule has 0 amide bonds. The number of nitrogens with one attached hydrogen (secondary N) is 1. The van der Waals surface area contributed by atoms with Crippen LogP contribution < -0.4 is 5.48 Å². The standard InChI is InChI=1S/C11H20BNO3/c1-7-9(8(2)14-13-7)12-15-10(3,4)11(5,6)16-12/h7,13H,1-6H3. The van der Waals surface area contributed by atoms with Crippen LogP contribution in [0.4, 0.5) is 0 Å². The minimum Gasteiger partial charge on any atom is -0.414 e. The summed E-state index contributed by atoms with van der Waals surface area (Å²) in [6.45, 7) is 12.2. The monoisotopic (exact) mass is 225 g/mol. The quantitative estimate of drug-likeness (QED) is 0.691. The van der Waals surface area contributed by atoms with Crippen LogP contribution in [0.5, 0.6) is 0 Å². The van der Waals surface area contributed by atoms with Gasteiger partial charge in [0.2, 0.25) is 0 Å². The maximum atomic E-state index is 5.99. The van der Waals surface area contributed by atoms with Crippen LogP contribution in [0.25, 0.3) is 0 Å². The molecule has 0 spiro atoms. The van der Waals surface area contributed by atoms with E-state index in [1.54, 1.807) is 0 Å². The third-order valence-corrected chi connectivity index (χ3v) is 3.77. The van der Waals surface area contributed by atoms with Gasteiger partial charge in [0.1, 0.15) is 5.76 Å². The van der Waals surface area contributed by atoms with Crippen molar-refractivity contribution in [3.05, 3.63) is 11.2 Å². The average Bonchev–Trinajstić information content (AvgIpc) is 2.52. The van der Waals surface area contributed by atoms with Gasteiger partial charge in [-0.2, -0.15) is 5.48 Å². The molecular weight excluding hydrogens is 205 g/mol. The van der Waals surface area contributed by atoms with Crippen molar-refractivity contribution in [2.24, 2.45) is 0 Å². The second-order valence-electron chi connectivity index (χ2n) is 5.54. The summed E-state index contributed by atoms with van der Waals surface area (Å²) >= 11 is 0. The molecular formula is C11H20BNO3. The molecule has 2 rings (SSSR count). The lowest BCUT2D eigenvalue weighted by Crippen LogP contribution is -2.41. The van der Waals surface area contributed by atoms with Gasteiger partial charge in [-0.05, 0) is 41.5 Å². The molecule has 16 heavy (non-hydrogen) atoms. The van der Waals surface area contributed by atoms with Gasteiger partial charge in [0.25, 0.3) is 0 Å². The fourth-order valence-electron chi connectivity index (χ4n) is 1.94. The summed E-state index contributed by atoms with van der Waals surface area (Å²) in [4.78, 5) is 5.30. The van der Waals surface area contributed by atoms with E-state index < -0.39 is 0 Å². The van der Waals surface area contributed by atoms with Gasteiger partial charge in [-0.15, -0.1) is 0 Å². The van der Waals surface area contributed by atoms with E-state index in [0.717, 1.165) is 11.2 Å². The first-order chi connectivity index (χ1) is 7.24. The largest absolute Gasteiger partial charge is 0.495 e. The van der Waals surface area contributed by atoms with E-state index in [4.69, 9.17) is 14.1 Å². The van der Waals surface area contributed by atoms with Crippen LogP contribution in [0.1, 0.15) is 41.5 Å². The van der Waals surface area contributed by atoms with E-state index in [9.17, 15) is 0 Å². The second-order valence-corrected chi connectivity index (χ2v) is 5.54. The molecule has 0 bridgehead atoms. The van der Waals surface area contributed by atoms with Gasteiger partial charge in [-0.25, -0.2) is 0 Å². The molecule has 2 heterocycles. The molecule has 5 heteroatoms. The fraction of sp³-hybridized carbons (Fsp3) is 0.818. The van der Waals surface area contributed by atoms with Crippen LogP contribution in [-0.4, -0.2) is 24.4 Å². The number of allylic oxidation sites excluding steroid dienone is 1. The molecule has 2 aliphatic heterocycles. The minimum absolute atomic E-state index is 0.134. The summed E-state index contributed by atoms with van der Waals surface area (Å²) in [7, 11) is -0.310. The molecule has 0 aliphatic carbocycles. The van der Waals surface area contributed by atoms with Crippen LogP contribution in [0.3, 0.4) is 0 Å². The smallest absolute Gasteiger partial charge is 0.414 e. The van der Waals surface area contributed by atoms with Crippen LogP contribution in [0.15, 0.2) is 11.2 Å². The van der Waals surface area contributed by atoms with E-state index in [1.165, 1.54) is 0 Å². The predicted molar refractivity (Wildman–Crippen MR) is 62.5 cm³/mol. The highest BCUT2D eigenvalue weighted by molar-refractivity contribution is 6.55. The normalized spacial score (nSPS) is 32.1. The van der Waals surface area contributed by atoms with Crippen molar-refractivity contribution < 1.29 is 14.1 Å². The molecule has 0 aromatic carbocycles. The van der Waals surface area contributed by atoms with Crippen LogP contribution in [0, 0.1) is 0 Å². The first kappa shape index (κ1) is 12.0. The Morgan fingerprint density at radius 1 is 1.12 bits per heavy atom. The Labute approximate surface area is 97.4 Å². The Bertz CT molecular complexity index is 322. The van der Waals surface area contributed by atoms with Gasteiger partial charge in [0, 0.05) is 5.47 Å². The Morgan fingerprint density at radius 2 is 1.62 bits per heavy atom. The highest BCUT2D eigenvalue weighted by Crippen LogP contribution is 2.40. The van der Waals surface area contributed by atoms with E-state index in [0.29, 0.717) is 0 Å². The summed E-state index contributed by atoms with van der Waals surface area (Å²) in [5, 5.41) is 0. The summed E-state index contributed by atoms with van der Waals surface area (Å²) in [6, 6.07) is 0.134. The van der Waals surface area contributed by atoms with Crippen molar-refractivity contribution in [2.75, 3.05) is 0 Å². The van der Waals surface area contributed by atoms with Crippen molar-refractivity contribution >= 4 is 7.12 Å². The van der Waals surface area contributed by atoms with Gasteiger partial charge in [0.05, 0.1) is 17.2 Å². The van der Waals surface area contributed by atoms with Gasteiger partial charge in [-0.3, -0.25) is 0 Å². The summed E-state index contributed by atoms with van der Waals surface area (Å²) in [5.74, 6) is 0.853. The molecule has 1 unspecified atom stereocenters. The molecule has 4 nitrogen and oxygen atoms in total. The number of hydroxylamine groups is 1. The molecule has 1 saturated heterocycles. The Kier molecular flexibility index (Phi) is 2.61. The van der Waals surface area contributed by atoms with Crippen molar-refractivity contribution in [1.82, 2.24) is 5.48 Å². The van der Waals surface area contributed by atoms with Crippen LogP contribution >= 0.6 is 0 Å². The first-order valence-corrected chi connectivity index (χ1v) is 5.73. The zero-order valence-electron chi connectivity index (χ0n) is 10.9. The van der Waals surface area contributed by atoms with E-state index in [2.05, 4.69) is 33.2 Å². The van der Waals surface area contributed by atoms with Gasteiger partial charge < -0.3 is 14.1 Å². The Morgan fingerprint density at radius 3 is 2.00 bits per heavy atom. The molecule has 1 atom stereocenters. The van der Waals surface area contributed by atoms with E-state index in [-0.39, 0.29) is 24.4 Å². The lowest BCUT2D eigenvalue weighted by molar-refractivity contribution is 0.00578. The van der Waals surface area contributed by atoms with Crippen molar-refractivity contribution in [1.29, 1.82) is 0 Å². The SMILES string of the molecule is CC1=C(B2OC(C)(C)C(C)(C)O2)C(C)NO1. The topological polar surface area (TPSA) is 39.7 Å². The maximum absolute atomic E-state index is 5.99. The summed E-state index contributed by atoms with van der Waals surface area (Å²) in [6.07, 6.45) is 0. The highest BCUT2D eigenvalue weighted by atomic mass is 16.7. The van der Waals surface area contributed by atoms with E-state index >= 15 is 0 Å². The molecule has 0 saturated carbocycles. The van der Waals surface area contributed by atoms with Crippen LogP contribution in [-0.2, 0) is 14.1 Å². The molecule has 0 aromatic heterocycles. The van der Waals surface area contributed by atoms with Crippen molar-refractivity contribution in [3.63, 3.8) is 0 Å². The molecule has 1 fully saturated rings. The zero-order chi connectivity index (χ0) is 12.1. The number of rotatable bonds is 1. The van der Waals surface area contributed by atoms with Gasteiger partial charge in [-0.1, -0.05) is 0 Å². The third kappa shape index (κ3) is 1.67. The molecule has 0 radical (unpaired) electrons. The fourth-order valence-corrected chi connectivity index (χ4v) is 1.94. The Balaban J connectivity index is 2.24. The lowest BCUT2D eigenvalue weighted by Gasteiger charge is -2.32. The predicted octanol–water partition coefficient (Wildman–Crippen LogP) is 1.82. The average molecular weight is 225 g/mol. The third-order valence-electron chi connectivity index (χ3n) is 3.77.